The molecule has 3 aromatic rings. The van der Waals surface area contributed by atoms with E-state index in [1.165, 1.54) is 18.0 Å². The largest absolute Gasteiger partial charge is 0.618 e. The Balaban J connectivity index is 1.52. The lowest BCUT2D eigenvalue weighted by Crippen LogP contribution is -2.28. The molecule has 2 aromatic carbocycles. The molecule has 1 heterocycles. The lowest BCUT2D eigenvalue weighted by molar-refractivity contribution is -0.645. The first-order valence-corrected chi connectivity index (χ1v) is 9.52. The highest BCUT2D eigenvalue weighted by Gasteiger charge is 2.09. The fourth-order valence-corrected chi connectivity index (χ4v) is 3.08. The van der Waals surface area contributed by atoms with Gasteiger partial charge in [-0.3, -0.25) is 4.79 Å². The Morgan fingerprint density at radius 2 is 1.69 bits per heavy atom. The van der Waals surface area contributed by atoms with E-state index in [1.54, 1.807) is 42.5 Å². The van der Waals surface area contributed by atoms with Gasteiger partial charge in [0.15, 0.2) is 6.20 Å². The van der Waals surface area contributed by atoms with Gasteiger partial charge in [0.25, 0.3) is 5.03 Å². The van der Waals surface area contributed by atoms with E-state index in [-0.39, 0.29) is 11.7 Å². The number of rotatable bonds is 6. The Morgan fingerprint density at radius 1 is 1.04 bits per heavy atom. The number of nitrogens with one attached hydrogen (secondary N) is 1. The van der Waals surface area contributed by atoms with Crippen LogP contribution in [0.25, 0.3) is 0 Å². The maximum absolute atomic E-state index is 12.0. The second-order valence-corrected chi connectivity index (χ2v) is 7.19. The smallest absolute Gasteiger partial charge is 0.251 e. The van der Waals surface area contributed by atoms with Gasteiger partial charge in [0, 0.05) is 22.3 Å². The summed E-state index contributed by atoms with van der Waals surface area (Å²) in [7, 11) is 0. The zero-order valence-electron chi connectivity index (χ0n) is 13.6. The standard InChI is InChI=1S/C19H15BrN2O3S/c20-14-4-8-16(9-5-14)25-17-10-6-15(7-11-17)21-18(23)13-26-19-3-1-2-12-22(19)24/h1-12H,13H2,(H,21,23). The van der Waals surface area contributed by atoms with Crippen LogP contribution < -0.4 is 14.8 Å². The van der Waals surface area contributed by atoms with Crippen molar-refractivity contribution < 1.29 is 14.3 Å². The maximum Gasteiger partial charge on any atom is 0.251 e. The first-order chi connectivity index (χ1) is 12.6. The molecule has 0 fully saturated rings. The fraction of sp³-hybridized carbons (Fsp3) is 0.0526. The third-order valence-electron chi connectivity index (χ3n) is 3.33. The van der Waals surface area contributed by atoms with Crippen LogP contribution in [-0.4, -0.2) is 11.7 Å². The second-order valence-electron chi connectivity index (χ2n) is 5.28. The molecule has 0 saturated carbocycles. The number of hydrogen-bond donors (Lipinski definition) is 1. The van der Waals surface area contributed by atoms with Crippen LogP contribution in [0.2, 0.25) is 0 Å². The molecule has 1 amide bonds. The number of carbonyl (C=O) groups excluding carboxylic acids is 1. The summed E-state index contributed by atoms with van der Waals surface area (Å²) in [6.07, 6.45) is 1.41. The number of nitrogens with zero attached hydrogens (tertiary/aromatic N) is 1. The third kappa shape index (κ3) is 5.24. The third-order valence-corrected chi connectivity index (χ3v) is 4.87. The minimum Gasteiger partial charge on any atom is -0.618 e. The Bertz CT molecular complexity index is 886. The number of pyridine rings is 1. The molecule has 3 rings (SSSR count). The lowest BCUT2D eigenvalue weighted by Gasteiger charge is -2.08. The lowest BCUT2D eigenvalue weighted by atomic mass is 10.3. The van der Waals surface area contributed by atoms with Crippen LogP contribution in [0.4, 0.5) is 5.69 Å². The average molecular weight is 431 g/mol. The van der Waals surface area contributed by atoms with Gasteiger partial charge in [-0.15, -0.1) is 0 Å². The average Bonchev–Trinajstić information content (AvgIpc) is 2.64. The summed E-state index contributed by atoms with van der Waals surface area (Å²) in [6, 6.07) is 19.7. The molecule has 1 aromatic heterocycles. The first-order valence-electron chi connectivity index (χ1n) is 7.74. The molecule has 0 aliphatic carbocycles. The molecule has 0 bridgehead atoms. The van der Waals surface area contributed by atoms with Crippen LogP contribution in [0.1, 0.15) is 0 Å². The number of amides is 1. The molecule has 132 valence electrons. The molecule has 7 heteroatoms. The number of benzene rings is 2. The normalized spacial score (nSPS) is 10.3. The van der Waals surface area contributed by atoms with E-state index in [0.717, 1.165) is 15.0 Å². The van der Waals surface area contributed by atoms with Gasteiger partial charge in [0.2, 0.25) is 5.91 Å². The van der Waals surface area contributed by atoms with E-state index >= 15 is 0 Å². The number of halogens is 1. The molecular weight excluding hydrogens is 416 g/mol. The molecule has 0 aliphatic rings. The second kappa shape index (κ2) is 8.73. The molecule has 0 atom stereocenters. The Hall–Kier alpha value is -2.51. The zero-order valence-corrected chi connectivity index (χ0v) is 16.0. The predicted octanol–water partition coefficient (Wildman–Crippen LogP) is 4.61. The SMILES string of the molecule is O=C(CSc1cccc[n+]1[O-])Nc1ccc(Oc2ccc(Br)cc2)cc1. The summed E-state index contributed by atoms with van der Waals surface area (Å²) < 4.78 is 7.46. The van der Waals surface area contributed by atoms with Crippen molar-refractivity contribution in [3.63, 3.8) is 0 Å². The van der Waals surface area contributed by atoms with E-state index in [0.29, 0.717) is 16.5 Å². The summed E-state index contributed by atoms with van der Waals surface area (Å²) in [5, 5.41) is 14.8. The summed E-state index contributed by atoms with van der Waals surface area (Å²) in [4.78, 5) is 12.0. The van der Waals surface area contributed by atoms with Crippen molar-refractivity contribution in [3.8, 4) is 11.5 Å². The molecule has 0 saturated heterocycles. The molecular formula is C19H15BrN2O3S. The molecule has 5 nitrogen and oxygen atoms in total. The van der Waals surface area contributed by atoms with Gasteiger partial charge < -0.3 is 15.3 Å². The van der Waals surface area contributed by atoms with E-state index in [1.807, 2.05) is 24.3 Å². The number of aromatic nitrogens is 1. The monoisotopic (exact) mass is 430 g/mol. The number of carbonyl (C=O) groups is 1. The Labute approximate surface area is 163 Å². The highest BCUT2D eigenvalue weighted by Crippen LogP contribution is 2.24. The zero-order chi connectivity index (χ0) is 18.4. The first kappa shape index (κ1) is 18.3. The summed E-state index contributed by atoms with van der Waals surface area (Å²) >= 11 is 4.57. The minimum absolute atomic E-state index is 0.156. The van der Waals surface area contributed by atoms with Gasteiger partial charge in [-0.2, -0.15) is 4.73 Å². The van der Waals surface area contributed by atoms with E-state index in [4.69, 9.17) is 4.74 Å². The molecule has 0 spiro atoms. The van der Waals surface area contributed by atoms with Gasteiger partial charge >= 0.3 is 0 Å². The fourth-order valence-electron chi connectivity index (χ4n) is 2.11. The van der Waals surface area contributed by atoms with Gasteiger partial charge in [-0.25, -0.2) is 0 Å². The van der Waals surface area contributed by atoms with Crippen molar-refractivity contribution in [2.24, 2.45) is 0 Å². The number of ether oxygens (including phenoxy) is 1. The van der Waals surface area contributed by atoms with Crippen molar-refractivity contribution >= 4 is 39.3 Å². The highest BCUT2D eigenvalue weighted by molar-refractivity contribution is 9.10. The van der Waals surface area contributed by atoms with Gasteiger partial charge in [0.05, 0.1) is 5.75 Å². The molecule has 0 radical (unpaired) electrons. The Morgan fingerprint density at radius 3 is 2.35 bits per heavy atom. The summed E-state index contributed by atoms with van der Waals surface area (Å²) in [5.74, 6) is 1.38. The summed E-state index contributed by atoms with van der Waals surface area (Å²) in [5.41, 5.74) is 0.668. The quantitative estimate of drug-likeness (QED) is 0.352. The van der Waals surface area contributed by atoms with Crippen molar-refractivity contribution in [1.29, 1.82) is 0 Å². The number of anilines is 1. The molecule has 0 unspecified atom stereocenters. The van der Waals surface area contributed by atoms with Gasteiger partial charge in [-0.1, -0.05) is 15.9 Å². The van der Waals surface area contributed by atoms with E-state index in [9.17, 15) is 10.0 Å². The van der Waals surface area contributed by atoms with Crippen LogP contribution in [0.3, 0.4) is 0 Å². The van der Waals surface area contributed by atoms with Gasteiger partial charge in [-0.05, 0) is 66.4 Å². The van der Waals surface area contributed by atoms with Gasteiger partial charge in [0.1, 0.15) is 11.5 Å². The summed E-state index contributed by atoms with van der Waals surface area (Å²) in [6.45, 7) is 0. The van der Waals surface area contributed by atoms with Crippen molar-refractivity contribution in [3.05, 3.63) is 82.6 Å². The topological polar surface area (TPSA) is 65.3 Å². The van der Waals surface area contributed by atoms with Crippen LogP contribution in [0.15, 0.2) is 82.4 Å². The van der Waals surface area contributed by atoms with Crippen molar-refractivity contribution in [1.82, 2.24) is 0 Å². The number of hydrogen-bond acceptors (Lipinski definition) is 4. The minimum atomic E-state index is -0.180. The molecule has 26 heavy (non-hydrogen) atoms. The molecule has 1 N–H and O–H groups in total. The van der Waals surface area contributed by atoms with E-state index < -0.39 is 0 Å². The van der Waals surface area contributed by atoms with Crippen LogP contribution in [-0.2, 0) is 4.79 Å². The predicted molar refractivity (Wildman–Crippen MR) is 105 cm³/mol. The van der Waals surface area contributed by atoms with Crippen LogP contribution in [0, 0.1) is 5.21 Å². The van der Waals surface area contributed by atoms with Crippen molar-refractivity contribution in [2.45, 2.75) is 5.03 Å². The van der Waals surface area contributed by atoms with Crippen LogP contribution >= 0.6 is 27.7 Å². The highest BCUT2D eigenvalue weighted by atomic mass is 79.9. The van der Waals surface area contributed by atoms with Crippen LogP contribution in [0.5, 0.6) is 11.5 Å². The Kier molecular flexibility index (Phi) is 6.14. The van der Waals surface area contributed by atoms with E-state index in [2.05, 4.69) is 21.2 Å². The van der Waals surface area contributed by atoms with Crippen molar-refractivity contribution in [2.75, 3.05) is 11.1 Å². The molecule has 0 aliphatic heterocycles. The maximum atomic E-state index is 12.0. The number of thioether (sulfide) groups is 1.